The highest BCUT2D eigenvalue weighted by Gasteiger charge is 2.33. The summed E-state index contributed by atoms with van der Waals surface area (Å²) in [5.74, 6) is -0.825. The van der Waals surface area contributed by atoms with Crippen molar-refractivity contribution in [3.8, 4) is 11.8 Å². The number of ether oxygens (including phenoxy) is 1. The largest absolute Gasteiger partial charge is 0.573 e. The molecule has 0 fully saturated rings. The van der Waals surface area contributed by atoms with Crippen LogP contribution in [0, 0.1) is 11.3 Å². The van der Waals surface area contributed by atoms with E-state index >= 15 is 0 Å². The van der Waals surface area contributed by atoms with E-state index in [2.05, 4.69) is 20.7 Å². The molecular formula is C8H2BrClF3NO3S. The fourth-order valence-electron chi connectivity index (χ4n) is 1.01. The van der Waals surface area contributed by atoms with Crippen LogP contribution in [0.5, 0.6) is 5.75 Å². The molecule has 0 saturated heterocycles. The van der Waals surface area contributed by atoms with Crippen molar-refractivity contribution in [2.75, 3.05) is 0 Å². The van der Waals surface area contributed by atoms with Crippen LogP contribution >= 0.6 is 26.6 Å². The van der Waals surface area contributed by atoms with E-state index in [1.54, 1.807) is 0 Å². The van der Waals surface area contributed by atoms with Crippen LogP contribution in [0.25, 0.3) is 0 Å². The monoisotopic (exact) mass is 363 g/mol. The van der Waals surface area contributed by atoms with Crippen LogP contribution in [0.2, 0.25) is 0 Å². The number of alkyl halides is 3. The van der Waals surface area contributed by atoms with Gasteiger partial charge < -0.3 is 4.74 Å². The minimum Gasteiger partial charge on any atom is -0.403 e. The molecule has 0 aliphatic heterocycles. The van der Waals surface area contributed by atoms with Gasteiger partial charge in [-0.25, -0.2) is 8.42 Å². The summed E-state index contributed by atoms with van der Waals surface area (Å²) in [7, 11) is 0.860. The van der Waals surface area contributed by atoms with E-state index in [1.807, 2.05) is 0 Å². The molecule has 0 heterocycles. The Kier molecular flexibility index (Phi) is 4.15. The molecule has 0 aromatic heterocycles. The Morgan fingerprint density at radius 1 is 1.39 bits per heavy atom. The third-order valence-electron chi connectivity index (χ3n) is 1.64. The summed E-state index contributed by atoms with van der Waals surface area (Å²) in [6.07, 6.45) is -5.00. The number of rotatable bonds is 2. The van der Waals surface area contributed by atoms with Gasteiger partial charge in [0.15, 0.2) is 5.75 Å². The van der Waals surface area contributed by atoms with E-state index in [-0.39, 0.29) is 4.47 Å². The minimum absolute atomic E-state index is 0.349. The summed E-state index contributed by atoms with van der Waals surface area (Å²) < 4.78 is 61.5. The SMILES string of the molecule is N#Cc1cc(S(=O)(=O)Cl)cc(Br)c1OC(F)(F)F. The summed E-state index contributed by atoms with van der Waals surface area (Å²) in [4.78, 5) is -0.512. The van der Waals surface area contributed by atoms with Crippen molar-refractivity contribution in [2.24, 2.45) is 0 Å². The predicted molar refractivity (Wildman–Crippen MR) is 58.6 cm³/mol. The summed E-state index contributed by atoms with van der Waals surface area (Å²) in [6, 6.07) is 2.89. The van der Waals surface area contributed by atoms with Crippen LogP contribution in [0.3, 0.4) is 0 Å². The molecule has 1 rings (SSSR count). The quantitative estimate of drug-likeness (QED) is 0.756. The lowest BCUT2D eigenvalue weighted by molar-refractivity contribution is -0.275. The Morgan fingerprint density at radius 2 is 1.94 bits per heavy atom. The van der Waals surface area contributed by atoms with Crippen LogP contribution in [-0.2, 0) is 9.05 Å². The van der Waals surface area contributed by atoms with E-state index in [0.717, 1.165) is 6.07 Å². The molecule has 1 aromatic carbocycles. The molecule has 10 heteroatoms. The molecule has 0 spiro atoms. The first-order chi connectivity index (χ1) is 8.04. The Labute approximate surface area is 112 Å². The molecule has 4 nitrogen and oxygen atoms in total. The van der Waals surface area contributed by atoms with Gasteiger partial charge in [-0.2, -0.15) is 5.26 Å². The zero-order chi connectivity index (χ0) is 14.1. The van der Waals surface area contributed by atoms with Crippen LogP contribution in [0.4, 0.5) is 13.2 Å². The Hall–Kier alpha value is -0.980. The molecule has 98 valence electrons. The highest BCUT2D eigenvalue weighted by molar-refractivity contribution is 9.10. The van der Waals surface area contributed by atoms with Crippen molar-refractivity contribution in [1.29, 1.82) is 5.26 Å². The second-order valence-electron chi connectivity index (χ2n) is 2.88. The lowest BCUT2D eigenvalue weighted by Gasteiger charge is -2.12. The number of halogens is 5. The second-order valence-corrected chi connectivity index (χ2v) is 6.30. The van der Waals surface area contributed by atoms with Gasteiger partial charge >= 0.3 is 6.36 Å². The third-order valence-corrected chi connectivity index (χ3v) is 3.56. The number of nitrogens with zero attached hydrogens (tertiary/aromatic N) is 1. The molecule has 1 aromatic rings. The topological polar surface area (TPSA) is 67.2 Å². The van der Waals surface area contributed by atoms with Gasteiger partial charge in [0.05, 0.1) is 14.9 Å². The predicted octanol–water partition coefficient (Wildman–Crippen LogP) is 3.15. The van der Waals surface area contributed by atoms with Crippen LogP contribution in [0.1, 0.15) is 5.56 Å². The van der Waals surface area contributed by atoms with Crippen LogP contribution in [0.15, 0.2) is 21.5 Å². The number of hydrogen-bond acceptors (Lipinski definition) is 4. The summed E-state index contributed by atoms with van der Waals surface area (Å²) in [5.41, 5.74) is -0.610. The van der Waals surface area contributed by atoms with Crippen molar-refractivity contribution in [2.45, 2.75) is 11.3 Å². The fourth-order valence-corrected chi connectivity index (χ4v) is 2.49. The fraction of sp³-hybridized carbons (Fsp3) is 0.125. The summed E-state index contributed by atoms with van der Waals surface area (Å²) in [6.45, 7) is 0. The van der Waals surface area contributed by atoms with Crippen molar-refractivity contribution < 1.29 is 26.3 Å². The average molecular weight is 365 g/mol. The maximum absolute atomic E-state index is 12.1. The molecule has 0 atom stereocenters. The minimum atomic E-state index is -5.00. The summed E-state index contributed by atoms with van der Waals surface area (Å²) >= 11 is 2.68. The molecule has 0 aliphatic carbocycles. The maximum Gasteiger partial charge on any atom is 0.573 e. The van der Waals surface area contributed by atoms with Crippen molar-refractivity contribution in [3.63, 3.8) is 0 Å². The van der Waals surface area contributed by atoms with Crippen molar-refractivity contribution >= 4 is 35.7 Å². The molecule has 0 bridgehead atoms. The smallest absolute Gasteiger partial charge is 0.403 e. The Balaban J connectivity index is 3.45. The molecule has 0 unspecified atom stereocenters. The van der Waals surface area contributed by atoms with E-state index < -0.39 is 31.6 Å². The van der Waals surface area contributed by atoms with E-state index in [9.17, 15) is 21.6 Å². The zero-order valence-electron chi connectivity index (χ0n) is 8.12. The van der Waals surface area contributed by atoms with Gasteiger partial charge in [-0.15, -0.1) is 13.2 Å². The van der Waals surface area contributed by atoms with Gasteiger partial charge in [0, 0.05) is 10.7 Å². The first-order valence-electron chi connectivity index (χ1n) is 3.98. The highest BCUT2D eigenvalue weighted by Crippen LogP contribution is 2.36. The van der Waals surface area contributed by atoms with Gasteiger partial charge in [-0.3, -0.25) is 0 Å². The molecule has 0 N–H and O–H groups in total. The standard InChI is InChI=1S/C8H2BrClF3NO3S/c9-6-2-5(18(10,15)16)1-4(3-14)7(6)17-8(11,12)13/h1-2H. The average Bonchev–Trinajstić information content (AvgIpc) is 2.17. The summed E-state index contributed by atoms with van der Waals surface area (Å²) in [5, 5.41) is 8.67. The van der Waals surface area contributed by atoms with Gasteiger partial charge in [-0.05, 0) is 28.1 Å². The normalized spacial score (nSPS) is 12.0. The second kappa shape index (κ2) is 4.95. The molecule has 0 radical (unpaired) electrons. The lowest BCUT2D eigenvalue weighted by atomic mass is 10.2. The number of hydrogen-bond donors (Lipinski definition) is 0. The molecule has 0 aliphatic rings. The lowest BCUT2D eigenvalue weighted by Crippen LogP contribution is -2.18. The Morgan fingerprint density at radius 3 is 2.33 bits per heavy atom. The third kappa shape index (κ3) is 3.76. The van der Waals surface area contributed by atoms with Crippen molar-refractivity contribution in [1.82, 2.24) is 0 Å². The van der Waals surface area contributed by atoms with E-state index in [1.165, 1.54) is 6.07 Å². The van der Waals surface area contributed by atoms with Crippen LogP contribution < -0.4 is 4.74 Å². The molecule has 18 heavy (non-hydrogen) atoms. The maximum atomic E-state index is 12.1. The first kappa shape index (κ1) is 15.1. The number of nitriles is 1. The number of benzene rings is 1. The van der Waals surface area contributed by atoms with Gasteiger partial charge in [0.25, 0.3) is 9.05 Å². The highest BCUT2D eigenvalue weighted by atomic mass is 79.9. The Bertz CT molecular complexity index is 624. The van der Waals surface area contributed by atoms with Crippen molar-refractivity contribution in [3.05, 3.63) is 22.2 Å². The molecular weight excluding hydrogens is 363 g/mol. The van der Waals surface area contributed by atoms with Gasteiger partial charge in [0.1, 0.15) is 6.07 Å². The van der Waals surface area contributed by atoms with E-state index in [4.69, 9.17) is 15.9 Å². The van der Waals surface area contributed by atoms with Gasteiger partial charge in [0.2, 0.25) is 0 Å². The van der Waals surface area contributed by atoms with E-state index in [0.29, 0.717) is 6.07 Å². The van der Waals surface area contributed by atoms with Gasteiger partial charge in [-0.1, -0.05) is 0 Å². The molecule has 0 saturated carbocycles. The van der Waals surface area contributed by atoms with Crippen LogP contribution in [-0.4, -0.2) is 14.8 Å². The zero-order valence-corrected chi connectivity index (χ0v) is 11.3. The first-order valence-corrected chi connectivity index (χ1v) is 7.09. The molecule has 0 amide bonds.